The van der Waals surface area contributed by atoms with Crippen molar-refractivity contribution in [3.8, 4) is 0 Å². The first-order valence-corrected chi connectivity index (χ1v) is 13.8. The molecule has 0 amide bonds. The first-order chi connectivity index (χ1) is 15.4. The first-order valence-electron chi connectivity index (χ1n) is 10.4. The smallest absolute Gasteiger partial charge is 0.261 e. The second kappa shape index (κ2) is 9.75. The van der Waals surface area contributed by atoms with Gasteiger partial charge in [0.05, 0.1) is 21.2 Å². The molecule has 0 saturated heterocycles. The largest absolute Gasteiger partial charge is 0.277 e. The van der Waals surface area contributed by atoms with Gasteiger partial charge in [-0.25, -0.2) is 16.8 Å². The van der Waals surface area contributed by atoms with Crippen LogP contribution in [0.3, 0.4) is 0 Å². The van der Waals surface area contributed by atoms with Crippen LogP contribution in [0.1, 0.15) is 50.7 Å². The Morgan fingerprint density at radius 3 is 1.39 bits per heavy atom. The highest BCUT2D eigenvalue weighted by atomic mass is 35.5. The summed E-state index contributed by atoms with van der Waals surface area (Å²) in [7, 11) is -7.93. The lowest BCUT2D eigenvalue weighted by Gasteiger charge is -2.16. The molecule has 0 aliphatic carbocycles. The molecule has 0 spiro atoms. The van der Waals surface area contributed by atoms with Crippen molar-refractivity contribution in [2.24, 2.45) is 0 Å². The summed E-state index contributed by atoms with van der Waals surface area (Å²) in [6, 6.07) is 17.4. The minimum atomic E-state index is -3.97. The highest BCUT2D eigenvalue weighted by molar-refractivity contribution is 7.93. The molecule has 6 nitrogen and oxygen atoms in total. The van der Waals surface area contributed by atoms with Gasteiger partial charge in [0.25, 0.3) is 20.0 Å². The van der Waals surface area contributed by atoms with Crippen LogP contribution in [-0.2, 0) is 20.0 Å². The molecule has 9 heteroatoms. The lowest BCUT2D eigenvalue weighted by molar-refractivity contribution is 0.599. The molecule has 0 aliphatic rings. The topological polar surface area (TPSA) is 92.3 Å². The minimum absolute atomic E-state index is 0.0258. The van der Waals surface area contributed by atoms with Gasteiger partial charge in [0.2, 0.25) is 0 Å². The van der Waals surface area contributed by atoms with E-state index in [4.69, 9.17) is 11.6 Å². The quantitative estimate of drug-likeness (QED) is 0.381. The fourth-order valence-corrected chi connectivity index (χ4v) is 5.48. The van der Waals surface area contributed by atoms with Crippen molar-refractivity contribution < 1.29 is 16.8 Å². The summed E-state index contributed by atoms with van der Waals surface area (Å²) < 4.78 is 56.7. The van der Waals surface area contributed by atoms with Crippen molar-refractivity contribution >= 4 is 43.0 Å². The number of halogens is 1. The van der Waals surface area contributed by atoms with Crippen molar-refractivity contribution in [1.82, 2.24) is 0 Å². The van der Waals surface area contributed by atoms with E-state index in [9.17, 15) is 16.8 Å². The number of sulfonamides is 2. The van der Waals surface area contributed by atoms with E-state index in [0.29, 0.717) is 0 Å². The Morgan fingerprint density at radius 1 is 0.606 bits per heavy atom. The Labute approximate surface area is 201 Å². The van der Waals surface area contributed by atoms with Crippen molar-refractivity contribution in [2.75, 3.05) is 9.44 Å². The molecule has 3 rings (SSSR count). The van der Waals surface area contributed by atoms with Crippen molar-refractivity contribution in [1.29, 1.82) is 0 Å². The Balaban J connectivity index is 1.91. The molecule has 176 valence electrons. The number of hydrogen-bond donors (Lipinski definition) is 2. The van der Waals surface area contributed by atoms with Gasteiger partial charge in [-0.2, -0.15) is 0 Å². The summed E-state index contributed by atoms with van der Waals surface area (Å²) >= 11 is 6.07. The van der Waals surface area contributed by atoms with Crippen molar-refractivity contribution in [3.63, 3.8) is 0 Å². The van der Waals surface area contributed by atoms with Crippen LogP contribution in [0.2, 0.25) is 5.02 Å². The maximum Gasteiger partial charge on any atom is 0.261 e. The maximum atomic E-state index is 13.0. The van der Waals surface area contributed by atoms with E-state index in [1.165, 1.54) is 42.5 Å². The van der Waals surface area contributed by atoms with E-state index in [-0.39, 0.29) is 38.0 Å². The Bertz CT molecular complexity index is 1330. The van der Waals surface area contributed by atoms with Gasteiger partial charge in [-0.3, -0.25) is 9.44 Å². The Morgan fingerprint density at radius 2 is 1.00 bits per heavy atom. The molecule has 0 aliphatic heterocycles. The fourth-order valence-electron chi connectivity index (χ4n) is 3.16. The minimum Gasteiger partial charge on any atom is -0.277 e. The monoisotopic (exact) mass is 506 g/mol. The average molecular weight is 507 g/mol. The fraction of sp³-hybridized carbons (Fsp3) is 0.250. The number of rotatable bonds is 8. The van der Waals surface area contributed by atoms with Gasteiger partial charge in [0.1, 0.15) is 0 Å². The summed E-state index contributed by atoms with van der Waals surface area (Å²) in [6.07, 6.45) is 0. The van der Waals surface area contributed by atoms with Crippen LogP contribution in [-0.4, -0.2) is 16.8 Å². The molecule has 0 radical (unpaired) electrons. The van der Waals surface area contributed by atoms with Crippen LogP contribution in [0.4, 0.5) is 11.4 Å². The molecule has 0 unspecified atom stereocenters. The Kier molecular flexibility index (Phi) is 7.41. The van der Waals surface area contributed by atoms with Crippen molar-refractivity contribution in [3.05, 3.63) is 82.9 Å². The Hall–Kier alpha value is -2.55. The lowest BCUT2D eigenvalue weighted by Crippen LogP contribution is -2.17. The second-order valence-electron chi connectivity index (χ2n) is 8.35. The number of anilines is 2. The zero-order chi connectivity index (χ0) is 24.4. The van der Waals surface area contributed by atoms with Gasteiger partial charge in [0, 0.05) is 5.02 Å². The number of nitrogens with one attached hydrogen (secondary N) is 2. The van der Waals surface area contributed by atoms with E-state index in [0.717, 1.165) is 11.1 Å². The molecule has 33 heavy (non-hydrogen) atoms. The zero-order valence-electron chi connectivity index (χ0n) is 18.8. The summed E-state index contributed by atoms with van der Waals surface area (Å²) in [5.74, 6) is 0.528. The van der Waals surface area contributed by atoms with Crippen LogP contribution in [0.15, 0.2) is 76.5 Å². The molecule has 2 N–H and O–H groups in total. The number of hydrogen-bond acceptors (Lipinski definition) is 4. The van der Waals surface area contributed by atoms with Gasteiger partial charge in [0.15, 0.2) is 0 Å². The zero-order valence-corrected chi connectivity index (χ0v) is 21.2. The SMILES string of the molecule is CC(C)c1ccc(S(=O)(=O)Nc2ccc(Cl)cc2NS(=O)(=O)c2ccc(C(C)C)cc2)cc1. The summed E-state index contributed by atoms with van der Waals surface area (Å²) in [6.45, 7) is 8.07. The van der Waals surface area contributed by atoms with E-state index >= 15 is 0 Å². The van der Waals surface area contributed by atoms with Crippen LogP contribution in [0.25, 0.3) is 0 Å². The molecule has 3 aromatic carbocycles. The number of benzene rings is 3. The molecule has 0 bridgehead atoms. The van der Waals surface area contributed by atoms with Crippen LogP contribution >= 0.6 is 11.6 Å². The third-order valence-electron chi connectivity index (χ3n) is 5.18. The van der Waals surface area contributed by atoms with Gasteiger partial charge >= 0.3 is 0 Å². The van der Waals surface area contributed by atoms with Gasteiger partial charge < -0.3 is 0 Å². The van der Waals surface area contributed by atoms with E-state index in [1.807, 2.05) is 27.7 Å². The maximum absolute atomic E-state index is 13.0. The third kappa shape index (κ3) is 6.07. The summed E-state index contributed by atoms with van der Waals surface area (Å²) in [5, 5.41) is 0.257. The van der Waals surface area contributed by atoms with Gasteiger partial charge in [-0.05, 0) is 65.4 Å². The second-order valence-corrected chi connectivity index (χ2v) is 12.1. The molecule has 0 atom stereocenters. The predicted octanol–water partition coefficient (Wildman–Crippen LogP) is 6.19. The van der Waals surface area contributed by atoms with Crippen LogP contribution in [0, 0.1) is 0 Å². The normalized spacial score (nSPS) is 12.2. The standard InChI is InChI=1S/C24H27ClN2O4S2/c1-16(2)18-5-10-21(11-6-18)32(28,29)26-23-14-9-20(25)15-24(23)27-33(30,31)22-12-7-19(8-13-22)17(3)4/h5-17,26-27H,1-4H3. The van der Waals surface area contributed by atoms with E-state index < -0.39 is 20.0 Å². The average Bonchev–Trinajstić information content (AvgIpc) is 2.75. The molecule has 0 saturated carbocycles. The van der Waals surface area contributed by atoms with Gasteiger partial charge in [-0.15, -0.1) is 0 Å². The van der Waals surface area contributed by atoms with Crippen LogP contribution < -0.4 is 9.44 Å². The molecule has 0 heterocycles. The first kappa shape index (κ1) is 25.1. The predicted molar refractivity (Wildman–Crippen MR) is 134 cm³/mol. The molecular weight excluding hydrogens is 480 g/mol. The highest BCUT2D eigenvalue weighted by Crippen LogP contribution is 2.31. The van der Waals surface area contributed by atoms with Gasteiger partial charge in [-0.1, -0.05) is 63.6 Å². The third-order valence-corrected chi connectivity index (χ3v) is 8.18. The highest BCUT2D eigenvalue weighted by Gasteiger charge is 2.21. The summed E-state index contributed by atoms with van der Waals surface area (Å²) in [5.41, 5.74) is 2.11. The van der Waals surface area contributed by atoms with E-state index in [1.54, 1.807) is 24.3 Å². The summed E-state index contributed by atoms with van der Waals surface area (Å²) in [4.78, 5) is 0.130. The molecule has 0 aromatic heterocycles. The van der Waals surface area contributed by atoms with E-state index in [2.05, 4.69) is 9.44 Å². The molecular formula is C24H27ClN2O4S2. The van der Waals surface area contributed by atoms with Crippen LogP contribution in [0.5, 0.6) is 0 Å². The van der Waals surface area contributed by atoms with Crippen molar-refractivity contribution in [2.45, 2.75) is 49.3 Å². The molecule has 3 aromatic rings. The molecule has 0 fully saturated rings. The lowest BCUT2D eigenvalue weighted by atomic mass is 10.0.